The molecule has 1 aromatic rings. The number of benzene rings is 1. The molecule has 1 aliphatic heterocycles. The Morgan fingerprint density at radius 3 is 2.60 bits per heavy atom. The van der Waals surface area contributed by atoms with Gasteiger partial charge in [-0.25, -0.2) is 0 Å². The first-order valence-corrected chi connectivity index (χ1v) is 7.70. The summed E-state index contributed by atoms with van der Waals surface area (Å²) in [5, 5.41) is 0. The molecule has 0 bridgehead atoms. The molecule has 1 heterocycles. The second-order valence-electron chi connectivity index (χ2n) is 6.88. The number of hydrogen-bond donors (Lipinski definition) is 1. The van der Waals surface area contributed by atoms with Crippen LogP contribution in [0.5, 0.6) is 11.5 Å². The zero-order chi connectivity index (χ0) is 14.4. The fourth-order valence-electron chi connectivity index (χ4n) is 3.84. The van der Waals surface area contributed by atoms with E-state index in [2.05, 4.69) is 6.92 Å². The molecule has 2 N–H and O–H groups in total. The Morgan fingerprint density at radius 1 is 1.25 bits per heavy atom. The topological polar surface area (TPSA) is 44.5 Å². The Kier molecular flexibility index (Phi) is 3.20. The Morgan fingerprint density at radius 2 is 1.95 bits per heavy atom. The highest BCUT2D eigenvalue weighted by Crippen LogP contribution is 2.51. The molecule has 1 fully saturated rings. The average Bonchev–Trinajstić information content (AvgIpc) is 2.74. The van der Waals surface area contributed by atoms with Gasteiger partial charge in [-0.05, 0) is 58.6 Å². The molecule has 2 aliphatic rings. The molecule has 1 spiro atoms. The zero-order valence-corrected chi connectivity index (χ0v) is 12.7. The summed E-state index contributed by atoms with van der Waals surface area (Å²) in [4.78, 5) is 0. The lowest BCUT2D eigenvalue weighted by molar-refractivity contribution is 0.0205. The van der Waals surface area contributed by atoms with Gasteiger partial charge >= 0.3 is 0 Å². The van der Waals surface area contributed by atoms with Crippen LogP contribution in [0, 0.1) is 0 Å². The molecule has 1 aromatic carbocycles. The molecule has 0 saturated heterocycles. The number of ether oxygens (including phenoxy) is 2. The molecule has 1 unspecified atom stereocenters. The van der Waals surface area contributed by atoms with Crippen molar-refractivity contribution in [3.8, 4) is 11.5 Å². The second-order valence-corrected chi connectivity index (χ2v) is 6.88. The summed E-state index contributed by atoms with van der Waals surface area (Å²) in [6.07, 6.45) is 5.75. The van der Waals surface area contributed by atoms with Crippen LogP contribution in [0.15, 0.2) is 18.2 Å². The van der Waals surface area contributed by atoms with Crippen LogP contribution in [-0.2, 0) is 5.54 Å². The van der Waals surface area contributed by atoms with Crippen LogP contribution in [0.3, 0.4) is 0 Å². The molecule has 110 valence electrons. The van der Waals surface area contributed by atoms with Gasteiger partial charge in [0.15, 0.2) is 0 Å². The van der Waals surface area contributed by atoms with Gasteiger partial charge in [0.2, 0.25) is 0 Å². The van der Waals surface area contributed by atoms with Crippen LogP contribution in [-0.4, -0.2) is 11.7 Å². The summed E-state index contributed by atoms with van der Waals surface area (Å²) < 4.78 is 12.3. The van der Waals surface area contributed by atoms with Gasteiger partial charge in [0.05, 0.1) is 11.7 Å². The highest BCUT2D eigenvalue weighted by atomic mass is 16.5. The first-order valence-electron chi connectivity index (χ1n) is 7.70. The van der Waals surface area contributed by atoms with Gasteiger partial charge < -0.3 is 15.2 Å². The van der Waals surface area contributed by atoms with Gasteiger partial charge in [-0.15, -0.1) is 0 Å². The molecule has 1 atom stereocenters. The van der Waals surface area contributed by atoms with Crippen molar-refractivity contribution >= 4 is 0 Å². The normalized spacial score (nSPS) is 27.4. The lowest BCUT2D eigenvalue weighted by Gasteiger charge is -2.44. The van der Waals surface area contributed by atoms with Gasteiger partial charge in [0, 0.05) is 12.0 Å². The monoisotopic (exact) mass is 275 g/mol. The minimum Gasteiger partial charge on any atom is -0.491 e. The van der Waals surface area contributed by atoms with Crippen LogP contribution in [0.2, 0.25) is 0 Å². The zero-order valence-electron chi connectivity index (χ0n) is 12.7. The van der Waals surface area contributed by atoms with E-state index in [4.69, 9.17) is 15.2 Å². The summed E-state index contributed by atoms with van der Waals surface area (Å²) in [6, 6.07) is 6.04. The largest absolute Gasteiger partial charge is 0.491 e. The third-order valence-electron chi connectivity index (χ3n) is 4.45. The summed E-state index contributed by atoms with van der Waals surface area (Å²) in [5.41, 5.74) is 7.26. The Balaban J connectivity index is 2.04. The van der Waals surface area contributed by atoms with E-state index in [0.717, 1.165) is 36.3 Å². The van der Waals surface area contributed by atoms with Gasteiger partial charge in [-0.2, -0.15) is 0 Å². The molecule has 0 radical (unpaired) electrons. The smallest absolute Gasteiger partial charge is 0.128 e. The van der Waals surface area contributed by atoms with E-state index >= 15 is 0 Å². The molecule has 0 aromatic heterocycles. The van der Waals surface area contributed by atoms with Crippen LogP contribution in [0.4, 0.5) is 0 Å². The van der Waals surface area contributed by atoms with Crippen molar-refractivity contribution in [2.24, 2.45) is 5.73 Å². The summed E-state index contributed by atoms with van der Waals surface area (Å²) >= 11 is 0. The second kappa shape index (κ2) is 4.66. The highest BCUT2D eigenvalue weighted by molar-refractivity contribution is 5.51. The molecule has 3 rings (SSSR count). The van der Waals surface area contributed by atoms with Crippen molar-refractivity contribution in [3.05, 3.63) is 23.8 Å². The van der Waals surface area contributed by atoms with Crippen molar-refractivity contribution in [2.45, 2.75) is 70.1 Å². The number of fused-ring (bicyclic) bond motifs is 1. The quantitative estimate of drug-likeness (QED) is 0.894. The van der Waals surface area contributed by atoms with Crippen molar-refractivity contribution in [1.82, 2.24) is 0 Å². The minimum atomic E-state index is -0.386. The third-order valence-corrected chi connectivity index (χ3v) is 4.45. The highest BCUT2D eigenvalue weighted by Gasteiger charge is 2.48. The molecule has 3 heteroatoms. The van der Waals surface area contributed by atoms with Crippen LogP contribution < -0.4 is 15.2 Å². The molecule has 20 heavy (non-hydrogen) atoms. The minimum absolute atomic E-state index is 0.0487. The van der Waals surface area contributed by atoms with Crippen LogP contribution in [0.1, 0.15) is 58.4 Å². The molecule has 1 aliphatic carbocycles. The van der Waals surface area contributed by atoms with Gasteiger partial charge in [0.1, 0.15) is 17.1 Å². The summed E-state index contributed by atoms with van der Waals surface area (Å²) in [7, 11) is 0. The fourth-order valence-corrected chi connectivity index (χ4v) is 3.84. The van der Waals surface area contributed by atoms with E-state index in [1.807, 2.05) is 32.0 Å². The SMILES string of the molecule is CC(C)Oc1cccc2c1C(C)(N)CC1(CCCC1)O2. The Bertz CT molecular complexity index is 502. The van der Waals surface area contributed by atoms with Gasteiger partial charge in [-0.3, -0.25) is 0 Å². The summed E-state index contributed by atoms with van der Waals surface area (Å²) in [5.74, 6) is 1.79. The maximum Gasteiger partial charge on any atom is 0.128 e. The molecule has 0 amide bonds. The van der Waals surface area contributed by atoms with Crippen molar-refractivity contribution in [3.63, 3.8) is 0 Å². The fraction of sp³-hybridized carbons (Fsp3) is 0.647. The van der Waals surface area contributed by atoms with Crippen LogP contribution in [0.25, 0.3) is 0 Å². The van der Waals surface area contributed by atoms with E-state index in [1.165, 1.54) is 12.8 Å². The van der Waals surface area contributed by atoms with Crippen molar-refractivity contribution in [1.29, 1.82) is 0 Å². The van der Waals surface area contributed by atoms with E-state index in [0.29, 0.717) is 0 Å². The van der Waals surface area contributed by atoms with E-state index in [-0.39, 0.29) is 17.2 Å². The van der Waals surface area contributed by atoms with E-state index in [9.17, 15) is 0 Å². The van der Waals surface area contributed by atoms with Crippen molar-refractivity contribution < 1.29 is 9.47 Å². The number of nitrogens with two attached hydrogens (primary N) is 1. The maximum absolute atomic E-state index is 6.66. The Labute approximate surface area is 121 Å². The predicted molar refractivity (Wildman–Crippen MR) is 80.2 cm³/mol. The van der Waals surface area contributed by atoms with Gasteiger partial charge in [-0.1, -0.05) is 6.07 Å². The first-order chi connectivity index (χ1) is 9.42. The molecule has 3 nitrogen and oxygen atoms in total. The lowest BCUT2D eigenvalue weighted by Crippen LogP contribution is -2.49. The van der Waals surface area contributed by atoms with E-state index in [1.54, 1.807) is 0 Å². The molecular weight excluding hydrogens is 250 g/mol. The molecular formula is C17H25NO2. The average molecular weight is 275 g/mol. The van der Waals surface area contributed by atoms with E-state index < -0.39 is 0 Å². The van der Waals surface area contributed by atoms with Crippen molar-refractivity contribution in [2.75, 3.05) is 0 Å². The number of rotatable bonds is 2. The summed E-state index contributed by atoms with van der Waals surface area (Å²) in [6.45, 7) is 6.19. The standard InChI is InChI=1S/C17H25NO2/c1-12(2)19-13-7-6-8-14-15(13)16(3,18)11-17(20-14)9-4-5-10-17/h6-8,12H,4-5,9-11,18H2,1-3H3. The molecule has 1 saturated carbocycles. The number of hydrogen-bond acceptors (Lipinski definition) is 3. The predicted octanol–water partition coefficient (Wildman–Crippen LogP) is 3.74. The Hall–Kier alpha value is -1.22. The lowest BCUT2D eigenvalue weighted by atomic mass is 9.77. The van der Waals surface area contributed by atoms with Gasteiger partial charge in [0.25, 0.3) is 0 Å². The maximum atomic E-state index is 6.66. The van der Waals surface area contributed by atoms with Crippen LogP contribution >= 0.6 is 0 Å². The first kappa shape index (κ1) is 13.7. The third kappa shape index (κ3) is 2.28.